The number of hydrogen-bond donors (Lipinski definition) is 2. The minimum atomic E-state index is -0.0216. The molecule has 2 N–H and O–H groups in total. The first-order chi connectivity index (χ1) is 8.33. The third-order valence-corrected chi connectivity index (χ3v) is 3.25. The fourth-order valence-corrected chi connectivity index (χ4v) is 2.26. The van der Waals surface area contributed by atoms with Gasteiger partial charge in [0.2, 0.25) is 0 Å². The van der Waals surface area contributed by atoms with E-state index in [2.05, 4.69) is 10.6 Å². The van der Waals surface area contributed by atoms with E-state index >= 15 is 0 Å². The summed E-state index contributed by atoms with van der Waals surface area (Å²) in [6, 6.07) is 0.351. The Morgan fingerprint density at radius 3 is 2.47 bits per heavy atom. The van der Waals surface area contributed by atoms with Crippen LogP contribution in [0.1, 0.15) is 51.4 Å². The van der Waals surface area contributed by atoms with Crippen molar-refractivity contribution in [2.24, 2.45) is 0 Å². The quantitative estimate of drug-likeness (QED) is 0.727. The minimum absolute atomic E-state index is 0.0216. The predicted molar refractivity (Wildman–Crippen MR) is 69.1 cm³/mol. The third kappa shape index (κ3) is 7.21. The molecule has 1 aliphatic carbocycles. The summed E-state index contributed by atoms with van der Waals surface area (Å²) in [6.45, 7) is 1.39. The molecule has 0 atom stereocenters. The van der Waals surface area contributed by atoms with Gasteiger partial charge >= 0.3 is 6.03 Å². The SMILES string of the molecule is COCCCNC(=O)NC1CCCCCCC1. The molecule has 0 spiro atoms. The van der Waals surface area contributed by atoms with Crippen LogP contribution in [-0.2, 0) is 4.74 Å². The van der Waals surface area contributed by atoms with Crippen LogP contribution in [0.2, 0.25) is 0 Å². The molecule has 1 rings (SSSR count). The first kappa shape index (κ1) is 14.3. The number of rotatable bonds is 5. The van der Waals surface area contributed by atoms with Crippen molar-refractivity contribution in [3.63, 3.8) is 0 Å². The van der Waals surface area contributed by atoms with Crippen LogP contribution >= 0.6 is 0 Å². The molecule has 0 bridgehead atoms. The van der Waals surface area contributed by atoms with Crippen molar-refractivity contribution in [3.05, 3.63) is 0 Å². The predicted octanol–water partition coefficient (Wildman–Crippen LogP) is 2.43. The molecule has 1 aliphatic rings. The lowest BCUT2D eigenvalue weighted by Gasteiger charge is -2.21. The summed E-state index contributed by atoms with van der Waals surface area (Å²) in [5.74, 6) is 0. The van der Waals surface area contributed by atoms with E-state index in [0.29, 0.717) is 19.2 Å². The van der Waals surface area contributed by atoms with E-state index in [1.54, 1.807) is 7.11 Å². The van der Waals surface area contributed by atoms with Gasteiger partial charge in [0.15, 0.2) is 0 Å². The van der Waals surface area contributed by atoms with Crippen LogP contribution in [0.4, 0.5) is 4.79 Å². The lowest BCUT2D eigenvalue weighted by Crippen LogP contribution is -2.42. The molecular weight excluding hydrogens is 216 g/mol. The highest BCUT2D eigenvalue weighted by molar-refractivity contribution is 5.74. The van der Waals surface area contributed by atoms with Crippen molar-refractivity contribution in [2.75, 3.05) is 20.3 Å². The topological polar surface area (TPSA) is 50.4 Å². The summed E-state index contributed by atoms with van der Waals surface area (Å²) < 4.78 is 4.93. The number of hydrogen-bond acceptors (Lipinski definition) is 2. The number of nitrogens with one attached hydrogen (secondary N) is 2. The van der Waals surface area contributed by atoms with Crippen molar-refractivity contribution in [1.29, 1.82) is 0 Å². The van der Waals surface area contributed by atoms with Crippen LogP contribution in [-0.4, -0.2) is 32.3 Å². The van der Waals surface area contributed by atoms with E-state index in [-0.39, 0.29) is 6.03 Å². The van der Waals surface area contributed by atoms with E-state index in [1.807, 2.05) is 0 Å². The average molecular weight is 242 g/mol. The molecule has 0 aliphatic heterocycles. The fourth-order valence-electron chi connectivity index (χ4n) is 2.26. The molecule has 0 unspecified atom stereocenters. The Hall–Kier alpha value is -0.770. The second-order valence-corrected chi connectivity index (χ2v) is 4.79. The third-order valence-electron chi connectivity index (χ3n) is 3.25. The summed E-state index contributed by atoms with van der Waals surface area (Å²) in [7, 11) is 1.68. The zero-order chi connectivity index (χ0) is 12.3. The summed E-state index contributed by atoms with van der Waals surface area (Å²) in [5, 5.41) is 5.94. The Bertz CT molecular complexity index is 202. The van der Waals surface area contributed by atoms with E-state index in [1.165, 1.54) is 32.1 Å². The second-order valence-electron chi connectivity index (χ2n) is 4.79. The molecular formula is C13H26N2O2. The van der Waals surface area contributed by atoms with Gasteiger partial charge in [-0.05, 0) is 19.3 Å². The van der Waals surface area contributed by atoms with Gasteiger partial charge in [-0.1, -0.05) is 32.1 Å². The molecule has 1 saturated carbocycles. The zero-order valence-corrected chi connectivity index (χ0v) is 11.0. The summed E-state index contributed by atoms with van der Waals surface area (Å²) >= 11 is 0. The molecule has 0 heterocycles. The van der Waals surface area contributed by atoms with E-state index in [0.717, 1.165) is 19.3 Å². The molecule has 0 saturated heterocycles. The largest absolute Gasteiger partial charge is 0.385 e. The van der Waals surface area contributed by atoms with E-state index in [4.69, 9.17) is 4.74 Å². The van der Waals surface area contributed by atoms with Crippen LogP contribution in [0.15, 0.2) is 0 Å². The van der Waals surface area contributed by atoms with Gasteiger partial charge in [-0.25, -0.2) is 4.79 Å². The molecule has 100 valence electrons. The van der Waals surface area contributed by atoms with Crippen molar-refractivity contribution in [1.82, 2.24) is 10.6 Å². The molecule has 2 amide bonds. The normalized spacial score (nSPS) is 18.2. The minimum Gasteiger partial charge on any atom is -0.385 e. The van der Waals surface area contributed by atoms with E-state index in [9.17, 15) is 4.79 Å². The van der Waals surface area contributed by atoms with E-state index < -0.39 is 0 Å². The number of ether oxygens (including phenoxy) is 1. The van der Waals surface area contributed by atoms with Crippen molar-refractivity contribution >= 4 is 6.03 Å². The smallest absolute Gasteiger partial charge is 0.315 e. The van der Waals surface area contributed by atoms with Gasteiger partial charge in [0, 0.05) is 26.3 Å². The lowest BCUT2D eigenvalue weighted by molar-refractivity contribution is 0.193. The highest BCUT2D eigenvalue weighted by atomic mass is 16.5. The number of methoxy groups -OCH3 is 1. The average Bonchev–Trinajstić information content (AvgIpc) is 2.28. The van der Waals surface area contributed by atoms with Gasteiger partial charge in [-0.3, -0.25) is 0 Å². The first-order valence-corrected chi connectivity index (χ1v) is 6.86. The Morgan fingerprint density at radius 1 is 1.18 bits per heavy atom. The Labute approximate surface area is 104 Å². The first-order valence-electron chi connectivity index (χ1n) is 6.86. The van der Waals surface area contributed by atoms with Crippen LogP contribution in [0.5, 0.6) is 0 Å². The maximum atomic E-state index is 11.6. The molecule has 0 aromatic heterocycles. The molecule has 17 heavy (non-hydrogen) atoms. The van der Waals surface area contributed by atoms with Crippen molar-refractivity contribution in [3.8, 4) is 0 Å². The molecule has 0 radical (unpaired) electrons. The van der Waals surface area contributed by atoms with Gasteiger partial charge in [-0.15, -0.1) is 0 Å². The van der Waals surface area contributed by atoms with Crippen molar-refractivity contribution < 1.29 is 9.53 Å². The zero-order valence-electron chi connectivity index (χ0n) is 11.0. The highest BCUT2D eigenvalue weighted by Gasteiger charge is 2.13. The maximum Gasteiger partial charge on any atom is 0.315 e. The second kappa shape index (κ2) is 9.28. The van der Waals surface area contributed by atoms with Crippen LogP contribution in [0, 0.1) is 0 Å². The van der Waals surface area contributed by atoms with Gasteiger partial charge in [0.1, 0.15) is 0 Å². The number of carbonyl (C=O) groups excluding carboxylic acids is 1. The van der Waals surface area contributed by atoms with Gasteiger partial charge in [0.25, 0.3) is 0 Å². The summed E-state index contributed by atoms with van der Waals surface area (Å²) in [4.78, 5) is 11.6. The fraction of sp³-hybridized carbons (Fsp3) is 0.923. The monoisotopic (exact) mass is 242 g/mol. The Morgan fingerprint density at radius 2 is 1.82 bits per heavy atom. The summed E-state index contributed by atoms with van der Waals surface area (Å²) in [5.41, 5.74) is 0. The summed E-state index contributed by atoms with van der Waals surface area (Å²) in [6.07, 6.45) is 9.60. The lowest BCUT2D eigenvalue weighted by atomic mass is 9.97. The molecule has 0 aromatic carbocycles. The highest BCUT2D eigenvalue weighted by Crippen LogP contribution is 2.16. The van der Waals surface area contributed by atoms with Gasteiger partial charge in [0.05, 0.1) is 0 Å². The molecule has 4 heteroatoms. The standard InChI is InChI=1S/C13H26N2O2/c1-17-11-7-10-14-13(16)15-12-8-5-3-2-4-6-9-12/h12H,2-11H2,1H3,(H2,14,15,16). The van der Waals surface area contributed by atoms with Gasteiger partial charge < -0.3 is 15.4 Å². The molecule has 4 nitrogen and oxygen atoms in total. The molecule has 1 fully saturated rings. The molecule has 0 aromatic rings. The van der Waals surface area contributed by atoms with Crippen LogP contribution < -0.4 is 10.6 Å². The van der Waals surface area contributed by atoms with Crippen molar-refractivity contribution in [2.45, 2.75) is 57.4 Å². The van der Waals surface area contributed by atoms with Crippen LogP contribution in [0.3, 0.4) is 0 Å². The van der Waals surface area contributed by atoms with Gasteiger partial charge in [-0.2, -0.15) is 0 Å². The number of amides is 2. The maximum absolute atomic E-state index is 11.6. The Balaban J connectivity index is 2.10. The number of urea groups is 1. The number of carbonyl (C=O) groups is 1. The van der Waals surface area contributed by atoms with Crippen LogP contribution in [0.25, 0.3) is 0 Å². The Kier molecular flexibility index (Phi) is 7.80.